The van der Waals surface area contributed by atoms with Gasteiger partial charge in [0.15, 0.2) is 0 Å². The highest BCUT2D eigenvalue weighted by Gasteiger charge is 2.16. The van der Waals surface area contributed by atoms with Crippen LogP contribution in [0.5, 0.6) is 5.75 Å². The van der Waals surface area contributed by atoms with Crippen molar-refractivity contribution >= 4 is 22.6 Å². The quantitative estimate of drug-likeness (QED) is 0.390. The van der Waals surface area contributed by atoms with Crippen LogP contribution >= 0.6 is 11.6 Å². The Hall–Kier alpha value is -2.82. The van der Waals surface area contributed by atoms with Gasteiger partial charge in [0.05, 0.1) is 17.3 Å². The number of benzene rings is 2. The number of ether oxygens (including phenoxy) is 1. The van der Waals surface area contributed by atoms with E-state index in [0.717, 1.165) is 52.1 Å². The molecule has 0 fully saturated rings. The van der Waals surface area contributed by atoms with E-state index in [1.807, 2.05) is 36.4 Å². The molecule has 5 heteroatoms. The number of aromatic nitrogens is 2. The molecule has 148 valence electrons. The molecule has 0 radical (unpaired) electrons. The first-order chi connectivity index (χ1) is 14.1. The molecule has 2 aromatic carbocycles. The molecule has 4 nitrogen and oxygen atoms in total. The van der Waals surface area contributed by atoms with Crippen LogP contribution in [0.4, 0.5) is 0 Å². The summed E-state index contributed by atoms with van der Waals surface area (Å²) in [4.78, 5) is 10.1. The van der Waals surface area contributed by atoms with Gasteiger partial charge in [0.1, 0.15) is 11.4 Å². The lowest BCUT2D eigenvalue weighted by Crippen LogP contribution is -2.15. The molecule has 4 aromatic rings. The molecule has 2 heterocycles. The molecule has 0 saturated heterocycles. The van der Waals surface area contributed by atoms with E-state index in [1.54, 1.807) is 6.20 Å². The van der Waals surface area contributed by atoms with Crippen molar-refractivity contribution in [1.82, 2.24) is 14.9 Å². The summed E-state index contributed by atoms with van der Waals surface area (Å²) in [5.41, 5.74) is 5.17. The third kappa shape index (κ3) is 4.44. The van der Waals surface area contributed by atoms with Gasteiger partial charge in [-0.15, -0.1) is 0 Å². The maximum atomic E-state index is 6.24. The minimum absolute atomic E-state index is 0.627. The zero-order chi connectivity index (χ0) is 20.2. The van der Waals surface area contributed by atoms with E-state index in [4.69, 9.17) is 16.3 Å². The van der Waals surface area contributed by atoms with Crippen molar-refractivity contribution in [2.45, 2.75) is 6.42 Å². The summed E-state index contributed by atoms with van der Waals surface area (Å²) < 4.78 is 5.87. The van der Waals surface area contributed by atoms with E-state index < -0.39 is 0 Å². The van der Waals surface area contributed by atoms with Crippen LogP contribution in [0.3, 0.4) is 0 Å². The van der Waals surface area contributed by atoms with Crippen LogP contribution in [0, 0.1) is 0 Å². The number of hydrogen-bond donors (Lipinski definition) is 1. The molecule has 29 heavy (non-hydrogen) atoms. The maximum Gasteiger partial charge on any atom is 0.138 e. The lowest BCUT2D eigenvalue weighted by molar-refractivity contribution is 0.281. The van der Waals surface area contributed by atoms with Gasteiger partial charge in [0.2, 0.25) is 0 Å². The molecule has 0 atom stereocenters. The Bertz CT molecular complexity index is 1090. The first-order valence-corrected chi connectivity index (χ1v) is 10.1. The molecule has 2 aromatic heterocycles. The van der Waals surface area contributed by atoms with Gasteiger partial charge in [-0.1, -0.05) is 41.9 Å². The molecule has 0 spiro atoms. The number of pyridine rings is 1. The fourth-order valence-corrected chi connectivity index (χ4v) is 3.61. The lowest BCUT2D eigenvalue weighted by atomic mass is 9.99. The Balaban J connectivity index is 1.67. The topological polar surface area (TPSA) is 41.1 Å². The molecule has 0 unspecified atom stereocenters. The first kappa shape index (κ1) is 19.5. The van der Waals surface area contributed by atoms with Gasteiger partial charge in [-0.25, -0.2) is 4.98 Å². The van der Waals surface area contributed by atoms with Crippen molar-refractivity contribution in [1.29, 1.82) is 0 Å². The summed E-state index contributed by atoms with van der Waals surface area (Å²) in [5, 5.41) is 1.64. The molecule has 0 aliphatic rings. The minimum atomic E-state index is 0.627. The minimum Gasteiger partial charge on any atom is -0.494 e. The van der Waals surface area contributed by atoms with Crippen LogP contribution in [-0.2, 0) is 0 Å². The molecule has 4 rings (SSSR count). The van der Waals surface area contributed by atoms with E-state index in [-0.39, 0.29) is 0 Å². The van der Waals surface area contributed by atoms with E-state index >= 15 is 0 Å². The Morgan fingerprint density at radius 2 is 1.76 bits per heavy atom. The van der Waals surface area contributed by atoms with E-state index in [2.05, 4.69) is 53.2 Å². The zero-order valence-corrected chi connectivity index (χ0v) is 17.4. The van der Waals surface area contributed by atoms with E-state index in [9.17, 15) is 0 Å². The van der Waals surface area contributed by atoms with E-state index in [1.165, 1.54) is 0 Å². The van der Waals surface area contributed by atoms with Crippen molar-refractivity contribution in [2.75, 3.05) is 27.2 Å². The molecular formula is C24H24ClN3O. The van der Waals surface area contributed by atoms with Crippen LogP contribution in [0.2, 0.25) is 5.02 Å². The molecule has 0 bridgehead atoms. The number of nitrogens with one attached hydrogen (secondary N) is 1. The second-order valence-corrected chi connectivity index (χ2v) is 7.76. The van der Waals surface area contributed by atoms with Gasteiger partial charge in [-0.2, -0.15) is 0 Å². The Labute approximate surface area is 176 Å². The zero-order valence-electron chi connectivity index (χ0n) is 16.7. The number of halogens is 1. The summed E-state index contributed by atoms with van der Waals surface area (Å²) in [5.74, 6) is 0.881. The number of H-pyrrole nitrogens is 1. The van der Waals surface area contributed by atoms with E-state index in [0.29, 0.717) is 11.6 Å². The highest BCUT2D eigenvalue weighted by atomic mass is 35.5. The van der Waals surface area contributed by atoms with Gasteiger partial charge in [-0.05, 0) is 62.0 Å². The smallest absolute Gasteiger partial charge is 0.138 e. The van der Waals surface area contributed by atoms with Crippen molar-refractivity contribution in [3.8, 4) is 28.1 Å². The highest BCUT2D eigenvalue weighted by Crippen LogP contribution is 2.38. The van der Waals surface area contributed by atoms with Crippen molar-refractivity contribution < 1.29 is 4.74 Å². The van der Waals surface area contributed by atoms with Gasteiger partial charge >= 0.3 is 0 Å². The standard InChI is InChI=1S/C24H24ClN3O/c1-28(2)13-6-14-29-20-11-9-18(10-12-20)23-22(17-7-4-3-5-8-17)21-15-19(25)16-26-24(21)27-23/h3-5,7-12,15-16H,6,13-14H2,1-2H3,(H,26,27). The largest absolute Gasteiger partial charge is 0.494 e. The van der Waals surface area contributed by atoms with Crippen molar-refractivity contribution in [2.24, 2.45) is 0 Å². The fourth-order valence-electron chi connectivity index (χ4n) is 3.45. The third-order valence-electron chi connectivity index (χ3n) is 4.84. The summed E-state index contributed by atoms with van der Waals surface area (Å²) in [6.07, 6.45) is 2.67. The molecule has 1 N–H and O–H groups in total. The predicted octanol–water partition coefficient (Wildman–Crippen LogP) is 5.88. The van der Waals surface area contributed by atoms with Crippen LogP contribution in [-0.4, -0.2) is 42.1 Å². The summed E-state index contributed by atoms with van der Waals surface area (Å²) in [7, 11) is 4.14. The van der Waals surface area contributed by atoms with Gasteiger partial charge in [-0.3, -0.25) is 0 Å². The first-order valence-electron chi connectivity index (χ1n) is 9.72. The van der Waals surface area contributed by atoms with Crippen molar-refractivity contribution in [3.05, 3.63) is 71.9 Å². The van der Waals surface area contributed by atoms with Crippen LogP contribution < -0.4 is 4.74 Å². The fraction of sp³-hybridized carbons (Fsp3) is 0.208. The van der Waals surface area contributed by atoms with Gasteiger partial charge in [0.25, 0.3) is 0 Å². The van der Waals surface area contributed by atoms with Gasteiger partial charge < -0.3 is 14.6 Å². The molecule has 0 saturated carbocycles. The number of fused-ring (bicyclic) bond motifs is 1. The van der Waals surface area contributed by atoms with Crippen LogP contribution in [0.15, 0.2) is 66.9 Å². The summed E-state index contributed by atoms with van der Waals surface area (Å²) in [6, 6.07) is 20.5. The normalized spacial score (nSPS) is 11.3. The highest BCUT2D eigenvalue weighted by molar-refractivity contribution is 6.31. The monoisotopic (exact) mass is 405 g/mol. The lowest BCUT2D eigenvalue weighted by Gasteiger charge is -2.11. The van der Waals surface area contributed by atoms with Crippen LogP contribution in [0.1, 0.15) is 6.42 Å². The van der Waals surface area contributed by atoms with Gasteiger partial charge in [0, 0.05) is 23.7 Å². The Morgan fingerprint density at radius 3 is 2.48 bits per heavy atom. The molecule has 0 amide bonds. The molecule has 0 aliphatic carbocycles. The average Bonchev–Trinajstić information content (AvgIpc) is 3.10. The second kappa shape index (κ2) is 8.68. The third-order valence-corrected chi connectivity index (χ3v) is 5.05. The Kier molecular flexibility index (Phi) is 5.84. The number of aromatic amines is 1. The second-order valence-electron chi connectivity index (χ2n) is 7.32. The van der Waals surface area contributed by atoms with Crippen LogP contribution in [0.25, 0.3) is 33.4 Å². The number of nitrogens with zero attached hydrogens (tertiary/aromatic N) is 2. The van der Waals surface area contributed by atoms with Crippen molar-refractivity contribution in [3.63, 3.8) is 0 Å². The summed E-state index contributed by atoms with van der Waals surface area (Å²) >= 11 is 6.24. The SMILES string of the molecule is CN(C)CCCOc1ccc(-c2[nH]c3ncc(Cl)cc3c2-c2ccccc2)cc1. The predicted molar refractivity (Wildman–Crippen MR) is 121 cm³/mol. The molecule has 0 aliphatic heterocycles. The Morgan fingerprint density at radius 1 is 1.00 bits per heavy atom. The number of hydrogen-bond acceptors (Lipinski definition) is 3. The average molecular weight is 406 g/mol. The maximum absolute atomic E-state index is 6.24. The molecular weight excluding hydrogens is 382 g/mol. The summed E-state index contributed by atoms with van der Waals surface area (Å²) in [6.45, 7) is 1.73. The number of rotatable bonds is 7.